The number of anilines is 1. The van der Waals surface area contributed by atoms with Crippen LogP contribution < -0.4 is 15.8 Å². The lowest BCUT2D eigenvalue weighted by atomic mass is 10.1. The van der Waals surface area contributed by atoms with Crippen LogP contribution >= 0.6 is 0 Å². The van der Waals surface area contributed by atoms with Crippen molar-refractivity contribution in [3.63, 3.8) is 0 Å². The molecule has 6 heteroatoms. The topological polar surface area (TPSA) is 67.2 Å². The van der Waals surface area contributed by atoms with Gasteiger partial charge in [-0.15, -0.1) is 0 Å². The Kier molecular flexibility index (Phi) is 5.60. The quantitative estimate of drug-likeness (QED) is 0.703. The van der Waals surface area contributed by atoms with E-state index >= 15 is 0 Å². The number of carbonyl (C=O) groups excluding carboxylic acids is 1. The number of fused-ring (bicyclic) bond motifs is 1. The number of hydrogen-bond acceptors (Lipinski definition) is 4. The lowest BCUT2D eigenvalue weighted by molar-refractivity contribution is -0.121. The highest BCUT2D eigenvalue weighted by atomic mass is 16.1. The van der Waals surface area contributed by atoms with E-state index in [0.717, 1.165) is 29.7 Å². The van der Waals surface area contributed by atoms with Crippen molar-refractivity contribution in [3.05, 3.63) is 70.3 Å². The molecule has 2 aromatic carbocycles. The first-order valence-corrected chi connectivity index (χ1v) is 10.2. The third kappa shape index (κ3) is 4.31. The van der Waals surface area contributed by atoms with E-state index in [1.807, 2.05) is 19.1 Å². The molecule has 0 unspecified atom stereocenters. The molecule has 0 radical (unpaired) electrons. The molecule has 1 aliphatic heterocycles. The molecule has 29 heavy (non-hydrogen) atoms. The average molecular weight is 390 g/mol. The predicted molar refractivity (Wildman–Crippen MR) is 115 cm³/mol. The predicted octanol–water partition coefficient (Wildman–Crippen LogP) is 3.01. The average Bonchev–Trinajstić information content (AvgIpc) is 3.28. The summed E-state index contributed by atoms with van der Waals surface area (Å²) in [6.07, 6.45) is 4.28. The Morgan fingerprint density at radius 1 is 1.10 bits per heavy atom. The number of nitrogens with one attached hydrogen (secondary N) is 1. The van der Waals surface area contributed by atoms with Gasteiger partial charge in [0, 0.05) is 38.3 Å². The Morgan fingerprint density at radius 2 is 1.86 bits per heavy atom. The number of hydrogen-bond donors (Lipinski definition) is 1. The van der Waals surface area contributed by atoms with Gasteiger partial charge in [0.1, 0.15) is 0 Å². The van der Waals surface area contributed by atoms with Crippen LogP contribution in [0.2, 0.25) is 0 Å². The standard InChI is InChI=1S/C23H26N4O2/c1-17-5-4-6-20-22(17)25-16-27(23(20)29)14-11-21(28)24-15-18-7-9-19(10-8-18)26-12-2-3-13-26/h4-10,16H,2-3,11-15H2,1H3,(H,24,28). The number of carbonyl (C=O) groups is 1. The highest BCUT2D eigenvalue weighted by Crippen LogP contribution is 2.20. The number of rotatable bonds is 6. The molecule has 1 amide bonds. The summed E-state index contributed by atoms with van der Waals surface area (Å²) in [5.74, 6) is -0.0788. The van der Waals surface area contributed by atoms with Crippen LogP contribution in [0.4, 0.5) is 5.69 Å². The molecule has 0 bridgehead atoms. The van der Waals surface area contributed by atoms with Crippen LogP contribution in [-0.2, 0) is 17.9 Å². The second-order valence-corrected chi connectivity index (χ2v) is 7.60. The van der Waals surface area contributed by atoms with Crippen LogP contribution in [0.15, 0.2) is 53.6 Å². The summed E-state index contributed by atoms with van der Waals surface area (Å²) in [4.78, 5) is 31.6. The number of benzene rings is 2. The first-order valence-electron chi connectivity index (χ1n) is 10.2. The van der Waals surface area contributed by atoms with Gasteiger partial charge in [0.15, 0.2) is 0 Å². The van der Waals surface area contributed by atoms with E-state index in [0.29, 0.717) is 18.5 Å². The summed E-state index contributed by atoms with van der Waals surface area (Å²) in [7, 11) is 0. The second-order valence-electron chi connectivity index (χ2n) is 7.60. The summed E-state index contributed by atoms with van der Waals surface area (Å²) >= 11 is 0. The summed E-state index contributed by atoms with van der Waals surface area (Å²) in [6.45, 7) is 4.99. The van der Waals surface area contributed by atoms with Crippen LogP contribution in [0.1, 0.15) is 30.4 Å². The maximum absolute atomic E-state index is 12.6. The van der Waals surface area contributed by atoms with Crippen LogP contribution in [0, 0.1) is 6.92 Å². The zero-order chi connectivity index (χ0) is 20.2. The molecule has 1 N–H and O–H groups in total. The molecule has 2 heterocycles. The zero-order valence-electron chi connectivity index (χ0n) is 16.7. The van der Waals surface area contributed by atoms with E-state index < -0.39 is 0 Å². The van der Waals surface area contributed by atoms with Crippen LogP contribution in [0.5, 0.6) is 0 Å². The van der Waals surface area contributed by atoms with Gasteiger partial charge < -0.3 is 10.2 Å². The number of para-hydroxylation sites is 1. The summed E-state index contributed by atoms with van der Waals surface area (Å²) in [5.41, 5.74) is 3.90. The first-order chi connectivity index (χ1) is 14.1. The van der Waals surface area contributed by atoms with Gasteiger partial charge in [-0.05, 0) is 49.1 Å². The van der Waals surface area contributed by atoms with Crippen molar-refractivity contribution in [3.8, 4) is 0 Å². The van der Waals surface area contributed by atoms with Gasteiger partial charge >= 0.3 is 0 Å². The van der Waals surface area contributed by atoms with Gasteiger partial charge in [-0.1, -0.05) is 24.3 Å². The van der Waals surface area contributed by atoms with E-state index in [1.54, 1.807) is 6.07 Å². The maximum atomic E-state index is 12.6. The molecule has 0 saturated carbocycles. The molecule has 3 aromatic rings. The first kappa shape index (κ1) is 19.2. The Morgan fingerprint density at radius 3 is 2.62 bits per heavy atom. The third-order valence-corrected chi connectivity index (χ3v) is 5.53. The molecule has 4 rings (SSSR count). The molecular formula is C23H26N4O2. The smallest absolute Gasteiger partial charge is 0.261 e. The van der Waals surface area contributed by atoms with Gasteiger partial charge in [-0.3, -0.25) is 14.2 Å². The van der Waals surface area contributed by atoms with Crippen molar-refractivity contribution >= 4 is 22.5 Å². The highest BCUT2D eigenvalue weighted by Gasteiger charge is 2.12. The van der Waals surface area contributed by atoms with Crippen molar-refractivity contribution < 1.29 is 4.79 Å². The van der Waals surface area contributed by atoms with E-state index in [9.17, 15) is 9.59 Å². The summed E-state index contributed by atoms with van der Waals surface area (Å²) < 4.78 is 1.51. The van der Waals surface area contributed by atoms with Gasteiger partial charge in [0.05, 0.1) is 17.2 Å². The number of amides is 1. The van der Waals surface area contributed by atoms with Crippen LogP contribution in [0.3, 0.4) is 0 Å². The fourth-order valence-electron chi connectivity index (χ4n) is 3.81. The zero-order valence-corrected chi connectivity index (χ0v) is 16.7. The molecule has 1 fully saturated rings. The molecule has 150 valence electrons. The van der Waals surface area contributed by atoms with Crippen molar-refractivity contribution in [2.75, 3.05) is 18.0 Å². The SMILES string of the molecule is Cc1cccc2c(=O)n(CCC(=O)NCc3ccc(N4CCCC4)cc3)cnc12. The largest absolute Gasteiger partial charge is 0.372 e. The molecule has 1 aliphatic rings. The Hall–Kier alpha value is -3.15. The third-order valence-electron chi connectivity index (χ3n) is 5.53. The minimum atomic E-state index is -0.107. The molecule has 1 saturated heterocycles. The fourth-order valence-corrected chi connectivity index (χ4v) is 3.81. The van der Waals surface area contributed by atoms with E-state index in [1.165, 1.54) is 29.4 Å². The second kappa shape index (κ2) is 8.47. The maximum Gasteiger partial charge on any atom is 0.261 e. The molecule has 0 aliphatic carbocycles. The van der Waals surface area contributed by atoms with Crippen molar-refractivity contribution in [1.29, 1.82) is 0 Å². The Labute approximate surface area is 170 Å². The van der Waals surface area contributed by atoms with Gasteiger partial charge in [-0.2, -0.15) is 0 Å². The van der Waals surface area contributed by atoms with Crippen molar-refractivity contribution in [2.45, 2.75) is 39.3 Å². The van der Waals surface area contributed by atoms with Crippen molar-refractivity contribution in [2.24, 2.45) is 0 Å². The van der Waals surface area contributed by atoms with E-state index in [4.69, 9.17) is 0 Å². The van der Waals surface area contributed by atoms with Crippen LogP contribution in [0.25, 0.3) is 10.9 Å². The Balaban J connectivity index is 1.32. The summed E-state index contributed by atoms with van der Waals surface area (Å²) in [5, 5.41) is 3.52. The monoisotopic (exact) mass is 390 g/mol. The molecule has 0 atom stereocenters. The number of aromatic nitrogens is 2. The lowest BCUT2D eigenvalue weighted by Crippen LogP contribution is -2.27. The highest BCUT2D eigenvalue weighted by molar-refractivity contribution is 5.80. The fraction of sp³-hybridized carbons (Fsp3) is 0.348. The number of aryl methyl sites for hydroxylation is 2. The van der Waals surface area contributed by atoms with E-state index in [2.05, 4.69) is 39.5 Å². The van der Waals surface area contributed by atoms with Gasteiger partial charge in [-0.25, -0.2) is 4.98 Å². The van der Waals surface area contributed by atoms with Crippen LogP contribution in [-0.4, -0.2) is 28.5 Å². The summed E-state index contributed by atoms with van der Waals surface area (Å²) in [6, 6.07) is 13.9. The molecule has 1 aromatic heterocycles. The normalized spacial score (nSPS) is 13.8. The minimum absolute atomic E-state index is 0.0788. The lowest BCUT2D eigenvalue weighted by Gasteiger charge is -2.17. The van der Waals surface area contributed by atoms with Crippen molar-refractivity contribution in [1.82, 2.24) is 14.9 Å². The minimum Gasteiger partial charge on any atom is -0.372 e. The van der Waals surface area contributed by atoms with Gasteiger partial charge in [0.2, 0.25) is 5.91 Å². The Bertz CT molecular complexity index is 1070. The van der Waals surface area contributed by atoms with Gasteiger partial charge in [0.25, 0.3) is 5.56 Å². The molecule has 0 spiro atoms. The van der Waals surface area contributed by atoms with E-state index in [-0.39, 0.29) is 17.9 Å². The molecular weight excluding hydrogens is 364 g/mol. The number of nitrogens with zero attached hydrogens (tertiary/aromatic N) is 3. The molecule has 6 nitrogen and oxygen atoms in total.